The van der Waals surface area contributed by atoms with E-state index in [1.807, 2.05) is 0 Å². The predicted molar refractivity (Wildman–Crippen MR) is 128 cm³/mol. The zero-order chi connectivity index (χ0) is 27.5. The molecule has 0 bridgehead atoms. The minimum atomic E-state index is -4.75. The van der Waals surface area contributed by atoms with Crippen LogP contribution in [-0.4, -0.2) is 25.6 Å². The highest BCUT2D eigenvalue weighted by Crippen LogP contribution is 2.32. The van der Waals surface area contributed by atoms with Gasteiger partial charge in [0.05, 0.1) is 17.9 Å². The molecule has 0 spiro atoms. The minimum absolute atomic E-state index is 0.0856. The smallest absolute Gasteiger partial charge is 0.351 e. The summed E-state index contributed by atoms with van der Waals surface area (Å²) >= 11 is 0. The molecule has 2 N–H and O–H groups in total. The van der Waals surface area contributed by atoms with Gasteiger partial charge in [0, 0.05) is 24.2 Å². The van der Waals surface area contributed by atoms with Crippen molar-refractivity contribution in [1.29, 1.82) is 0 Å². The van der Waals surface area contributed by atoms with E-state index in [1.165, 1.54) is 31.2 Å². The summed E-state index contributed by atoms with van der Waals surface area (Å²) in [6.07, 6.45) is -3.81. The molecule has 1 aromatic heterocycles. The van der Waals surface area contributed by atoms with Crippen molar-refractivity contribution in [3.8, 4) is 11.3 Å². The van der Waals surface area contributed by atoms with E-state index in [-0.39, 0.29) is 35.5 Å². The molecule has 37 heavy (non-hydrogen) atoms. The van der Waals surface area contributed by atoms with Gasteiger partial charge in [0.15, 0.2) is 0 Å². The highest BCUT2D eigenvalue weighted by atomic mass is 32.2. The summed E-state index contributed by atoms with van der Waals surface area (Å²) in [4.78, 5) is 16.4. The van der Waals surface area contributed by atoms with Gasteiger partial charge in [-0.1, -0.05) is 29.8 Å². The number of carbonyl (C=O) groups is 1. The summed E-state index contributed by atoms with van der Waals surface area (Å²) in [7, 11) is -3.52. The number of aryl methyl sites for hydroxylation is 1. The fourth-order valence-corrected chi connectivity index (χ4v) is 3.93. The fourth-order valence-electron chi connectivity index (χ4n) is 3.51. The number of benzene rings is 2. The van der Waals surface area contributed by atoms with E-state index in [9.17, 15) is 35.2 Å². The Labute approximate surface area is 211 Å². The number of halogens is 5. The van der Waals surface area contributed by atoms with Gasteiger partial charge < -0.3 is 5.32 Å². The molecule has 3 rings (SSSR count). The summed E-state index contributed by atoms with van der Waals surface area (Å²) in [6, 6.07) is 9.77. The van der Waals surface area contributed by atoms with Crippen LogP contribution in [0.1, 0.15) is 40.8 Å². The largest absolute Gasteiger partial charge is 0.433 e. The van der Waals surface area contributed by atoms with Crippen molar-refractivity contribution in [1.82, 2.24) is 15.0 Å². The molecular formula is C25H24F5N3O3S. The van der Waals surface area contributed by atoms with Crippen molar-refractivity contribution in [3.05, 3.63) is 88.1 Å². The Balaban J connectivity index is 1.82. The third kappa shape index (κ3) is 7.32. The average molecular weight is 542 g/mol. The highest BCUT2D eigenvalue weighted by Gasteiger charge is 2.33. The van der Waals surface area contributed by atoms with Gasteiger partial charge in [-0.25, -0.2) is 26.9 Å². The summed E-state index contributed by atoms with van der Waals surface area (Å²) < 4.78 is 93.4. The summed E-state index contributed by atoms with van der Waals surface area (Å²) in [6.45, 7) is 2.65. The summed E-state index contributed by atoms with van der Waals surface area (Å²) in [5, 5.41) is 2.58. The maximum Gasteiger partial charge on any atom is 0.433 e. The van der Waals surface area contributed by atoms with Crippen LogP contribution in [0.15, 0.2) is 48.5 Å². The number of sulfonamides is 1. The van der Waals surface area contributed by atoms with Crippen LogP contribution in [0.3, 0.4) is 0 Å². The van der Waals surface area contributed by atoms with Gasteiger partial charge in [0.25, 0.3) is 0 Å². The molecule has 1 unspecified atom stereocenters. The molecule has 1 atom stereocenters. The molecule has 0 saturated carbocycles. The molecule has 1 amide bonds. The molecule has 0 aliphatic rings. The van der Waals surface area contributed by atoms with Gasteiger partial charge in [-0.15, -0.1) is 0 Å². The first-order chi connectivity index (χ1) is 17.2. The second kappa shape index (κ2) is 10.9. The Morgan fingerprint density at radius 3 is 2.27 bits per heavy atom. The molecule has 0 radical (unpaired) electrons. The number of carbonyl (C=O) groups excluding carboxylic acids is 1. The zero-order valence-electron chi connectivity index (χ0n) is 20.1. The Hall–Kier alpha value is -3.38. The quantitative estimate of drug-likeness (QED) is 0.400. The number of amides is 1. The van der Waals surface area contributed by atoms with Crippen LogP contribution in [-0.2, 0) is 34.1 Å². The molecule has 2 aromatic carbocycles. The van der Waals surface area contributed by atoms with E-state index in [0.717, 1.165) is 30.5 Å². The zero-order valence-corrected chi connectivity index (χ0v) is 20.9. The Kier molecular flexibility index (Phi) is 8.33. The van der Waals surface area contributed by atoms with Gasteiger partial charge >= 0.3 is 6.18 Å². The Bertz CT molecular complexity index is 1430. The van der Waals surface area contributed by atoms with Crippen LogP contribution in [0.25, 0.3) is 11.3 Å². The van der Waals surface area contributed by atoms with Crippen LogP contribution in [0, 0.1) is 18.6 Å². The number of pyridine rings is 1. The third-order valence-electron chi connectivity index (χ3n) is 5.59. The lowest BCUT2D eigenvalue weighted by Crippen LogP contribution is -2.28. The van der Waals surface area contributed by atoms with Gasteiger partial charge in [-0.05, 0) is 49.2 Å². The lowest BCUT2D eigenvalue weighted by Gasteiger charge is -2.17. The van der Waals surface area contributed by atoms with Crippen molar-refractivity contribution in [2.45, 2.75) is 39.0 Å². The Morgan fingerprint density at radius 1 is 0.973 bits per heavy atom. The first-order valence-electron chi connectivity index (χ1n) is 11.0. The SMILES string of the molecule is Cc1ccc(F)c(-c2nc(C(F)(F)F)ccc2CNC(=O)C(C)c2ccc(CNS(C)(=O)=O)c(F)c2)c1. The number of nitrogens with one attached hydrogen (secondary N) is 2. The van der Waals surface area contributed by atoms with Crippen LogP contribution in [0.5, 0.6) is 0 Å². The van der Waals surface area contributed by atoms with Crippen molar-refractivity contribution < 1.29 is 35.2 Å². The lowest BCUT2D eigenvalue weighted by molar-refractivity contribution is -0.141. The standard InChI is InChI=1S/C25H24F5N3O3S/c1-14-4-8-20(26)19(10-14)23-18(7-9-22(33-23)25(28,29)30)12-31-24(34)15(2)16-5-6-17(21(27)11-16)13-32-37(3,35)36/h4-11,15,32H,12-13H2,1-3H3,(H,31,34). The normalized spacial score (nSPS) is 12.9. The number of aromatic nitrogens is 1. The molecule has 198 valence electrons. The fraction of sp³-hybridized carbons (Fsp3) is 0.280. The van der Waals surface area contributed by atoms with Gasteiger partial charge in [-0.2, -0.15) is 13.2 Å². The van der Waals surface area contributed by atoms with Crippen LogP contribution in [0.4, 0.5) is 22.0 Å². The Morgan fingerprint density at radius 2 is 1.65 bits per heavy atom. The van der Waals surface area contributed by atoms with Gasteiger partial charge in [0.1, 0.15) is 17.3 Å². The van der Waals surface area contributed by atoms with E-state index in [1.54, 1.807) is 6.92 Å². The van der Waals surface area contributed by atoms with Crippen molar-refractivity contribution >= 4 is 15.9 Å². The van der Waals surface area contributed by atoms with Gasteiger partial charge in [-0.3, -0.25) is 4.79 Å². The molecule has 12 heteroatoms. The molecule has 6 nitrogen and oxygen atoms in total. The van der Waals surface area contributed by atoms with E-state index in [4.69, 9.17) is 0 Å². The number of hydrogen-bond acceptors (Lipinski definition) is 4. The first-order valence-corrected chi connectivity index (χ1v) is 12.9. The summed E-state index contributed by atoms with van der Waals surface area (Å²) in [5.41, 5.74) is -0.437. The summed E-state index contributed by atoms with van der Waals surface area (Å²) in [5.74, 6) is -2.89. The molecule has 3 aromatic rings. The number of alkyl halides is 3. The molecule has 0 saturated heterocycles. The van der Waals surface area contributed by atoms with Crippen molar-refractivity contribution in [2.75, 3.05) is 6.26 Å². The van der Waals surface area contributed by atoms with Gasteiger partial charge in [0.2, 0.25) is 15.9 Å². The van der Waals surface area contributed by atoms with E-state index in [0.29, 0.717) is 11.1 Å². The second-order valence-electron chi connectivity index (χ2n) is 8.57. The van der Waals surface area contributed by atoms with E-state index < -0.39 is 45.4 Å². The van der Waals surface area contributed by atoms with E-state index >= 15 is 0 Å². The molecule has 1 heterocycles. The highest BCUT2D eigenvalue weighted by molar-refractivity contribution is 7.88. The second-order valence-corrected chi connectivity index (χ2v) is 10.4. The monoisotopic (exact) mass is 541 g/mol. The molecule has 0 aliphatic carbocycles. The van der Waals surface area contributed by atoms with E-state index in [2.05, 4.69) is 15.0 Å². The van der Waals surface area contributed by atoms with Crippen LogP contribution < -0.4 is 10.0 Å². The maximum absolute atomic E-state index is 14.5. The topological polar surface area (TPSA) is 88.2 Å². The third-order valence-corrected chi connectivity index (χ3v) is 6.26. The number of rotatable bonds is 8. The van der Waals surface area contributed by atoms with Crippen LogP contribution in [0.2, 0.25) is 0 Å². The van der Waals surface area contributed by atoms with Crippen molar-refractivity contribution in [2.24, 2.45) is 0 Å². The maximum atomic E-state index is 14.5. The molecular weight excluding hydrogens is 517 g/mol. The molecule has 0 fully saturated rings. The first kappa shape index (κ1) is 28.2. The number of hydrogen-bond donors (Lipinski definition) is 2. The lowest BCUT2D eigenvalue weighted by atomic mass is 9.98. The minimum Gasteiger partial charge on any atom is -0.351 e. The number of nitrogens with zero attached hydrogens (tertiary/aromatic N) is 1. The predicted octanol–water partition coefficient (Wildman–Crippen LogP) is 4.82. The molecule has 0 aliphatic heterocycles. The average Bonchev–Trinajstić information content (AvgIpc) is 2.81. The van der Waals surface area contributed by atoms with Crippen LogP contribution >= 0.6 is 0 Å². The van der Waals surface area contributed by atoms with Crippen molar-refractivity contribution in [3.63, 3.8) is 0 Å².